The monoisotopic (exact) mass is 335 g/mol. The van der Waals surface area contributed by atoms with Gasteiger partial charge < -0.3 is 14.8 Å². The van der Waals surface area contributed by atoms with E-state index in [9.17, 15) is 4.79 Å². The van der Waals surface area contributed by atoms with Gasteiger partial charge in [0, 0.05) is 30.3 Å². The fourth-order valence-electron chi connectivity index (χ4n) is 2.77. The van der Waals surface area contributed by atoms with Crippen molar-refractivity contribution in [2.75, 3.05) is 18.5 Å². The lowest BCUT2D eigenvalue weighted by molar-refractivity contribution is 0.102. The molecule has 1 fully saturated rings. The third-order valence-corrected chi connectivity index (χ3v) is 4.07. The summed E-state index contributed by atoms with van der Waals surface area (Å²) in [5.41, 5.74) is 2.02. The Morgan fingerprint density at radius 2 is 2.12 bits per heavy atom. The third-order valence-electron chi connectivity index (χ3n) is 4.07. The van der Waals surface area contributed by atoms with Crippen LogP contribution in [-0.2, 0) is 4.74 Å². The van der Waals surface area contributed by atoms with E-state index < -0.39 is 0 Å². The molecule has 3 aromatic rings. The van der Waals surface area contributed by atoms with E-state index in [1.807, 2.05) is 30.3 Å². The van der Waals surface area contributed by atoms with E-state index in [0.29, 0.717) is 24.7 Å². The number of fused-ring (bicyclic) bond motifs is 1. The molecule has 1 atom stereocenters. The quantitative estimate of drug-likeness (QED) is 0.793. The standard InChI is InChI=1S/C19H17N3O3/c23-19(22-17-5-1-4-16-15(17)3-2-9-20-16)13-6-7-18(21-11-13)25-14-8-10-24-12-14/h1-7,9,11,14H,8,10,12H2,(H,22,23). The second-order valence-electron chi connectivity index (χ2n) is 5.82. The van der Waals surface area contributed by atoms with Crippen molar-refractivity contribution in [1.29, 1.82) is 0 Å². The van der Waals surface area contributed by atoms with E-state index in [0.717, 1.165) is 23.0 Å². The summed E-state index contributed by atoms with van der Waals surface area (Å²) in [6.07, 6.45) is 4.14. The molecule has 25 heavy (non-hydrogen) atoms. The number of rotatable bonds is 4. The first-order chi connectivity index (χ1) is 12.3. The van der Waals surface area contributed by atoms with Crippen LogP contribution in [-0.4, -0.2) is 35.2 Å². The fraction of sp³-hybridized carbons (Fsp3) is 0.211. The molecular weight excluding hydrogens is 318 g/mol. The highest BCUT2D eigenvalue weighted by Crippen LogP contribution is 2.22. The van der Waals surface area contributed by atoms with Crippen molar-refractivity contribution in [2.45, 2.75) is 12.5 Å². The first-order valence-corrected chi connectivity index (χ1v) is 8.15. The summed E-state index contributed by atoms with van der Waals surface area (Å²) in [7, 11) is 0. The molecular formula is C19H17N3O3. The van der Waals surface area contributed by atoms with Crippen LogP contribution in [0.3, 0.4) is 0 Å². The molecule has 4 rings (SSSR count). The van der Waals surface area contributed by atoms with Crippen molar-refractivity contribution in [3.63, 3.8) is 0 Å². The molecule has 6 heteroatoms. The Morgan fingerprint density at radius 3 is 2.92 bits per heavy atom. The molecule has 126 valence electrons. The molecule has 1 unspecified atom stereocenters. The summed E-state index contributed by atoms with van der Waals surface area (Å²) >= 11 is 0. The maximum atomic E-state index is 12.5. The molecule has 0 aliphatic carbocycles. The molecule has 1 aromatic carbocycles. The van der Waals surface area contributed by atoms with Crippen LogP contribution in [0.15, 0.2) is 54.9 Å². The highest BCUT2D eigenvalue weighted by Gasteiger charge is 2.18. The molecule has 1 saturated heterocycles. The number of hydrogen-bond acceptors (Lipinski definition) is 5. The van der Waals surface area contributed by atoms with Crippen molar-refractivity contribution in [3.8, 4) is 5.88 Å². The zero-order valence-corrected chi connectivity index (χ0v) is 13.5. The Balaban J connectivity index is 1.48. The zero-order valence-electron chi connectivity index (χ0n) is 13.5. The molecule has 1 aliphatic heterocycles. The Kier molecular flexibility index (Phi) is 4.26. The number of nitrogens with zero attached hydrogens (tertiary/aromatic N) is 2. The number of ether oxygens (including phenoxy) is 2. The largest absolute Gasteiger partial charge is 0.472 e. The van der Waals surface area contributed by atoms with Gasteiger partial charge in [-0.15, -0.1) is 0 Å². The molecule has 1 N–H and O–H groups in total. The summed E-state index contributed by atoms with van der Waals surface area (Å²) in [4.78, 5) is 21.0. The summed E-state index contributed by atoms with van der Waals surface area (Å²) in [5, 5.41) is 3.81. The van der Waals surface area contributed by atoms with Crippen LogP contribution in [0.5, 0.6) is 5.88 Å². The molecule has 0 bridgehead atoms. The highest BCUT2D eigenvalue weighted by molar-refractivity contribution is 6.08. The Labute approximate surface area is 144 Å². The molecule has 0 spiro atoms. The average Bonchev–Trinajstić information content (AvgIpc) is 3.16. The second-order valence-corrected chi connectivity index (χ2v) is 5.82. The Morgan fingerprint density at radius 1 is 1.16 bits per heavy atom. The third kappa shape index (κ3) is 3.44. The number of carbonyl (C=O) groups is 1. The SMILES string of the molecule is O=C(Nc1cccc2ncccc12)c1ccc(OC2CCOC2)nc1. The van der Waals surface area contributed by atoms with Crippen LogP contribution in [0.1, 0.15) is 16.8 Å². The van der Waals surface area contributed by atoms with E-state index in [-0.39, 0.29) is 12.0 Å². The van der Waals surface area contributed by atoms with Gasteiger partial charge in [-0.25, -0.2) is 4.98 Å². The number of carbonyl (C=O) groups excluding carboxylic acids is 1. The van der Waals surface area contributed by atoms with Crippen LogP contribution in [0.4, 0.5) is 5.69 Å². The van der Waals surface area contributed by atoms with Crippen LogP contribution < -0.4 is 10.1 Å². The molecule has 6 nitrogen and oxygen atoms in total. The Hall–Kier alpha value is -2.99. The van der Waals surface area contributed by atoms with E-state index >= 15 is 0 Å². The number of amides is 1. The number of aromatic nitrogens is 2. The topological polar surface area (TPSA) is 73.3 Å². The Bertz CT molecular complexity index is 885. The van der Waals surface area contributed by atoms with Gasteiger partial charge in [-0.05, 0) is 30.3 Å². The predicted molar refractivity (Wildman–Crippen MR) is 93.8 cm³/mol. The van der Waals surface area contributed by atoms with Gasteiger partial charge in [0.1, 0.15) is 6.10 Å². The van der Waals surface area contributed by atoms with E-state index in [1.165, 1.54) is 6.20 Å². The van der Waals surface area contributed by atoms with E-state index in [2.05, 4.69) is 15.3 Å². The summed E-state index contributed by atoms with van der Waals surface area (Å²) in [6, 6.07) is 12.8. The number of pyridine rings is 2. The van der Waals surface area contributed by atoms with Gasteiger partial charge in [0.25, 0.3) is 5.91 Å². The molecule has 3 heterocycles. The minimum atomic E-state index is -0.223. The maximum absolute atomic E-state index is 12.5. The number of hydrogen-bond donors (Lipinski definition) is 1. The van der Waals surface area contributed by atoms with Gasteiger partial charge in [-0.3, -0.25) is 9.78 Å². The fourth-order valence-corrected chi connectivity index (χ4v) is 2.77. The lowest BCUT2D eigenvalue weighted by atomic mass is 10.1. The van der Waals surface area contributed by atoms with Crippen LogP contribution in [0.25, 0.3) is 10.9 Å². The first kappa shape index (κ1) is 15.5. The second kappa shape index (κ2) is 6.86. The smallest absolute Gasteiger partial charge is 0.257 e. The van der Waals surface area contributed by atoms with Crippen molar-refractivity contribution in [2.24, 2.45) is 0 Å². The summed E-state index contributed by atoms with van der Waals surface area (Å²) in [6.45, 7) is 1.30. The highest BCUT2D eigenvalue weighted by atomic mass is 16.5. The zero-order chi connectivity index (χ0) is 17.1. The molecule has 2 aromatic heterocycles. The molecule has 1 aliphatic rings. The predicted octanol–water partition coefficient (Wildman–Crippen LogP) is 3.05. The van der Waals surface area contributed by atoms with E-state index in [4.69, 9.17) is 9.47 Å². The lowest BCUT2D eigenvalue weighted by Gasteiger charge is -2.11. The van der Waals surface area contributed by atoms with Gasteiger partial charge in [0.05, 0.1) is 30.0 Å². The van der Waals surface area contributed by atoms with Crippen molar-refractivity contribution in [1.82, 2.24) is 9.97 Å². The number of anilines is 1. The van der Waals surface area contributed by atoms with Crippen LogP contribution in [0, 0.1) is 0 Å². The molecule has 1 amide bonds. The lowest BCUT2D eigenvalue weighted by Crippen LogP contribution is -2.17. The number of nitrogens with one attached hydrogen (secondary N) is 1. The van der Waals surface area contributed by atoms with Gasteiger partial charge in [-0.1, -0.05) is 6.07 Å². The van der Waals surface area contributed by atoms with Gasteiger partial charge in [0.2, 0.25) is 5.88 Å². The van der Waals surface area contributed by atoms with E-state index in [1.54, 1.807) is 18.3 Å². The molecule has 0 radical (unpaired) electrons. The normalized spacial score (nSPS) is 16.7. The number of benzene rings is 1. The van der Waals surface area contributed by atoms with Gasteiger partial charge >= 0.3 is 0 Å². The summed E-state index contributed by atoms with van der Waals surface area (Å²) in [5.74, 6) is 0.279. The van der Waals surface area contributed by atoms with Crippen molar-refractivity contribution in [3.05, 3.63) is 60.4 Å². The van der Waals surface area contributed by atoms with Crippen molar-refractivity contribution < 1.29 is 14.3 Å². The maximum Gasteiger partial charge on any atom is 0.257 e. The van der Waals surface area contributed by atoms with Crippen LogP contribution in [0.2, 0.25) is 0 Å². The van der Waals surface area contributed by atoms with Crippen molar-refractivity contribution >= 4 is 22.5 Å². The molecule has 0 saturated carbocycles. The van der Waals surface area contributed by atoms with Gasteiger partial charge in [0.15, 0.2) is 0 Å². The summed E-state index contributed by atoms with van der Waals surface area (Å²) < 4.78 is 11.0. The first-order valence-electron chi connectivity index (χ1n) is 8.15. The average molecular weight is 335 g/mol. The van der Waals surface area contributed by atoms with Crippen LogP contribution >= 0.6 is 0 Å². The van der Waals surface area contributed by atoms with Gasteiger partial charge in [-0.2, -0.15) is 0 Å². The minimum absolute atomic E-state index is 0.0374. The minimum Gasteiger partial charge on any atom is -0.472 e.